The Balaban J connectivity index is 1.94. The summed E-state index contributed by atoms with van der Waals surface area (Å²) < 4.78 is 5.39. The summed E-state index contributed by atoms with van der Waals surface area (Å²) in [6.07, 6.45) is 0.799. The summed E-state index contributed by atoms with van der Waals surface area (Å²) in [4.78, 5) is 12.1. The van der Waals surface area contributed by atoms with Gasteiger partial charge in [0.1, 0.15) is 5.75 Å². The van der Waals surface area contributed by atoms with Gasteiger partial charge in [0.05, 0.1) is 6.61 Å². The van der Waals surface area contributed by atoms with Crippen LogP contribution in [0, 0.1) is 0 Å². The van der Waals surface area contributed by atoms with Crippen LogP contribution >= 0.6 is 0 Å². The third-order valence-electron chi connectivity index (χ3n) is 3.04. The number of benzene rings is 2. The number of ether oxygens (including phenoxy) is 1. The molecule has 0 spiro atoms. The third kappa shape index (κ3) is 4.53. The first-order chi connectivity index (χ1) is 10.2. The summed E-state index contributed by atoms with van der Waals surface area (Å²) in [7, 11) is 0. The predicted octanol–water partition coefficient (Wildman–Crippen LogP) is 2.64. The Morgan fingerprint density at radius 1 is 1.19 bits per heavy atom. The fraction of sp³-hybridized carbons (Fsp3) is 0.235. The lowest BCUT2D eigenvalue weighted by Crippen LogP contribution is -2.25. The van der Waals surface area contributed by atoms with Crippen LogP contribution in [-0.4, -0.2) is 19.1 Å². The van der Waals surface area contributed by atoms with Gasteiger partial charge in [-0.05, 0) is 31.0 Å². The molecule has 2 aromatic rings. The number of amides is 1. The summed E-state index contributed by atoms with van der Waals surface area (Å²) in [5, 5.41) is 2.89. The van der Waals surface area contributed by atoms with Crippen LogP contribution in [0.15, 0.2) is 48.5 Å². The minimum atomic E-state index is -0.140. The standard InChI is InChI=1S/C17H20N2O2/c1-2-21-16-11-14(10-15(18)12-16)17(20)19-9-8-13-6-4-3-5-7-13/h3-7,10-12H,2,8-9,18H2,1H3,(H,19,20). The number of hydrogen-bond donors (Lipinski definition) is 2. The lowest BCUT2D eigenvalue weighted by molar-refractivity contribution is 0.0953. The molecule has 0 fully saturated rings. The van der Waals surface area contributed by atoms with E-state index in [0.717, 1.165) is 6.42 Å². The molecule has 0 bridgehead atoms. The molecule has 0 heterocycles. The van der Waals surface area contributed by atoms with Gasteiger partial charge >= 0.3 is 0 Å². The Bertz CT molecular complexity index is 597. The summed E-state index contributed by atoms with van der Waals surface area (Å²) >= 11 is 0. The number of rotatable bonds is 6. The zero-order chi connectivity index (χ0) is 15.1. The monoisotopic (exact) mass is 284 g/mol. The maximum atomic E-state index is 12.1. The summed E-state index contributed by atoms with van der Waals surface area (Å²) in [5.74, 6) is 0.477. The van der Waals surface area contributed by atoms with E-state index in [4.69, 9.17) is 10.5 Å². The molecule has 0 aliphatic heterocycles. The first kappa shape index (κ1) is 14.9. The van der Waals surface area contributed by atoms with E-state index in [0.29, 0.717) is 30.2 Å². The van der Waals surface area contributed by atoms with Gasteiger partial charge in [0.15, 0.2) is 0 Å². The summed E-state index contributed by atoms with van der Waals surface area (Å²) in [5.41, 5.74) is 8.02. The smallest absolute Gasteiger partial charge is 0.251 e. The fourth-order valence-corrected chi connectivity index (χ4v) is 2.07. The van der Waals surface area contributed by atoms with Crippen molar-refractivity contribution in [3.8, 4) is 5.75 Å². The highest BCUT2D eigenvalue weighted by atomic mass is 16.5. The Morgan fingerprint density at radius 2 is 1.95 bits per heavy atom. The number of carbonyl (C=O) groups is 1. The number of nitrogens with one attached hydrogen (secondary N) is 1. The van der Waals surface area contributed by atoms with Crippen molar-refractivity contribution in [1.82, 2.24) is 5.32 Å². The van der Waals surface area contributed by atoms with Crippen molar-refractivity contribution in [3.05, 3.63) is 59.7 Å². The normalized spacial score (nSPS) is 10.1. The number of nitrogen functional groups attached to an aromatic ring is 1. The van der Waals surface area contributed by atoms with Crippen LogP contribution in [0.25, 0.3) is 0 Å². The van der Waals surface area contributed by atoms with Gasteiger partial charge in [-0.15, -0.1) is 0 Å². The van der Waals surface area contributed by atoms with Gasteiger partial charge in [-0.25, -0.2) is 0 Å². The van der Waals surface area contributed by atoms with E-state index >= 15 is 0 Å². The molecule has 3 N–H and O–H groups in total. The molecule has 0 saturated heterocycles. The largest absolute Gasteiger partial charge is 0.494 e. The lowest BCUT2D eigenvalue weighted by Gasteiger charge is -2.09. The molecule has 0 atom stereocenters. The second-order valence-electron chi connectivity index (χ2n) is 4.72. The van der Waals surface area contributed by atoms with Gasteiger partial charge in [0.2, 0.25) is 0 Å². The van der Waals surface area contributed by atoms with Crippen LogP contribution < -0.4 is 15.8 Å². The highest BCUT2D eigenvalue weighted by molar-refractivity contribution is 5.95. The van der Waals surface area contributed by atoms with Crippen LogP contribution in [0.2, 0.25) is 0 Å². The van der Waals surface area contributed by atoms with E-state index in [1.165, 1.54) is 5.56 Å². The Morgan fingerprint density at radius 3 is 2.67 bits per heavy atom. The number of carbonyl (C=O) groups excluding carboxylic acids is 1. The zero-order valence-electron chi connectivity index (χ0n) is 12.1. The van der Waals surface area contributed by atoms with E-state index < -0.39 is 0 Å². The maximum Gasteiger partial charge on any atom is 0.251 e. The Kier molecular flexibility index (Phi) is 5.21. The summed E-state index contributed by atoms with van der Waals surface area (Å²) in [6.45, 7) is 3.02. The molecule has 0 radical (unpaired) electrons. The van der Waals surface area contributed by atoms with Crippen molar-refractivity contribution in [1.29, 1.82) is 0 Å². The van der Waals surface area contributed by atoms with Crippen LogP contribution in [0.3, 0.4) is 0 Å². The molecule has 0 saturated carbocycles. The molecule has 1 amide bonds. The van der Waals surface area contributed by atoms with Crippen LogP contribution in [0.5, 0.6) is 5.75 Å². The van der Waals surface area contributed by atoms with Gasteiger partial charge in [-0.2, -0.15) is 0 Å². The van der Waals surface area contributed by atoms with Crippen molar-refractivity contribution in [3.63, 3.8) is 0 Å². The predicted molar refractivity (Wildman–Crippen MR) is 84.5 cm³/mol. The molecule has 2 aromatic carbocycles. The van der Waals surface area contributed by atoms with Gasteiger partial charge in [0, 0.05) is 23.9 Å². The highest BCUT2D eigenvalue weighted by Gasteiger charge is 2.08. The second kappa shape index (κ2) is 7.33. The molecule has 4 nitrogen and oxygen atoms in total. The highest BCUT2D eigenvalue weighted by Crippen LogP contribution is 2.18. The molecule has 0 unspecified atom stereocenters. The van der Waals surface area contributed by atoms with E-state index in [9.17, 15) is 4.79 Å². The van der Waals surface area contributed by atoms with Crippen LogP contribution in [0.1, 0.15) is 22.8 Å². The van der Waals surface area contributed by atoms with E-state index in [1.54, 1.807) is 18.2 Å². The third-order valence-corrected chi connectivity index (χ3v) is 3.04. The van der Waals surface area contributed by atoms with Gasteiger partial charge < -0.3 is 15.8 Å². The topological polar surface area (TPSA) is 64.3 Å². The number of anilines is 1. The first-order valence-electron chi connectivity index (χ1n) is 7.04. The van der Waals surface area contributed by atoms with Gasteiger partial charge in [-0.1, -0.05) is 30.3 Å². The van der Waals surface area contributed by atoms with Crippen molar-refractivity contribution in [2.75, 3.05) is 18.9 Å². The lowest BCUT2D eigenvalue weighted by atomic mass is 10.1. The van der Waals surface area contributed by atoms with Crippen LogP contribution in [-0.2, 0) is 6.42 Å². The average Bonchev–Trinajstić information content (AvgIpc) is 2.48. The fourth-order valence-electron chi connectivity index (χ4n) is 2.07. The zero-order valence-corrected chi connectivity index (χ0v) is 12.1. The van der Waals surface area contributed by atoms with Crippen molar-refractivity contribution >= 4 is 11.6 Å². The minimum absolute atomic E-state index is 0.140. The molecule has 21 heavy (non-hydrogen) atoms. The van der Waals surface area contributed by atoms with E-state index in [1.807, 2.05) is 37.3 Å². The molecule has 4 heteroatoms. The van der Waals surface area contributed by atoms with Crippen LogP contribution in [0.4, 0.5) is 5.69 Å². The molecule has 2 rings (SSSR count). The molecule has 0 aliphatic rings. The van der Waals surface area contributed by atoms with Gasteiger partial charge in [0.25, 0.3) is 5.91 Å². The Labute approximate surface area is 124 Å². The average molecular weight is 284 g/mol. The molecule has 0 aromatic heterocycles. The first-order valence-corrected chi connectivity index (χ1v) is 7.04. The van der Waals surface area contributed by atoms with Gasteiger partial charge in [-0.3, -0.25) is 4.79 Å². The van der Waals surface area contributed by atoms with E-state index in [-0.39, 0.29) is 5.91 Å². The SMILES string of the molecule is CCOc1cc(N)cc(C(=O)NCCc2ccccc2)c1. The molecular formula is C17H20N2O2. The quantitative estimate of drug-likeness (QED) is 0.801. The summed E-state index contributed by atoms with van der Waals surface area (Å²) in [6, 6.07) is 15.1. The van der Waals surface area contributed by atoms with Crippen molar-refractivity contribution in [2.24, 2.45) is 0 Å². The van der Waals surface area contributed by atoms with E-state index in [2.05, 4.69) is 5.32 Å². The van der Waals surface area contributed by atoms with Crippen molar-refractivity contribution in [2.45, 2.75) is 13.3 Å². The number of nitrogens with two attached hydrogens (primary N) is 1. The minimum Gasteiger partial charge on any atom is -0.494 e. The second-order valence-corrected chi connectivity index (χ2v) is 4.72. The van der Waals surface area contributed by atoms with Crippen molar-refractivity contribution < 1.29 is 9.53 Å². The number of hydrogen-bond acceptors (Lipinski definition) is 3. The molecule has 0 aliphatic carbocycles. The molecule has 110 valence electrons. The Hall–Kier alpha value is -2.49. The molecular weight excluding hydrogens is 264 g/mol. The maximum absolute atomic E-state index is 12.1.